The van der Waals surface area contributed by atoms with Crippen LogP contribution in [-0.2, 0) is 10.3 Å². The van der Waals surface area contributed by atoms with Gasteiger partial charge in [0.15, 0.2) is 11.9 Å². The minimum atomic E-state index is -1.65. The maximum atomic E-state index is 12.5. The zero-order valence-corrected chi connectivity index (χ0v) is 11.3. The molecule has 0 bridgehead atoms. The molecule has 1 saturated carbocycles. The third-order valence-corrected chi connectivity index (χ3v) is 4.73. The van der Waals surface area contributed by atoms with Gasteiger partial charge in [0.1, 0.15) is 5.60 Å². The van der Waals surface area contributed by atoms with E-state index in [1.54, 1.807) is 31.2 Å². The van der Waals surface area contributed by atoms with Crippen LogP contribution in [0.3, 0.4) is 0 Å². The van der Waals surface area contributed by atoms with Gasteiger partial charge in [0, 0.05) is 17.2 Å². The highest BCUT2D eigenvalue weighted by Gasteiger charge is 2.67. The van der Waals surface area contributed by atoms with Crippen LogP contribution in [0.1, 0.15) is 22.8 Å². The second-order valence-corrected chi connectivity index (χ2v) is 5.78. The minimum Gasteiger partial charge on any atom is -0.481 e. The minimum absolute atomic E-state index is 0.293. The lowest BCUT2D eigenvalue weighted by Crippen LogP contribution is -2.41. The van der Waals surface area contributed by atoms with Crippen molar-refractivity contribution < 1.29 is 24.9 Å². The summed E-state index contributed by atoms with van der Waals surface area (Å²) < 4.78 is 5.37. The van der Waals surface area contributed by atoms with E-state index in [0.717, 1.165) is 0 Å². The zero-order valence-electron chi connectivity index (χ0n) is 11.3. The zero-order chi connectivity index (χ0) is 14.9. The lowest BCUT2D eigenvalue weighted by molar-refractivity contribution is -0.101. The van der Waals surface area contributed by atoms with Crippen LogP contribution in [0.25, 0.3) is 0 Å². The molecule has 1 aromatic carbocycles. The van der Waals surface area contributed by atoms with Crippen molar-refractivity contribution in [2.75, 3.05) is 0 Å². The van der Waals surface area contributed by atoms with Crippen LogP contribution >= 0.6 is 0 Å². The molecule has 0 radical (unpaired) electrons. The predicted octanol–water partition coefficient (Wildman–Crippen LogP) is 1.18. The molecule has 0 aromatic heterocycles. The standard InChI is InChI=1S/C16H14O5/c1-7-6-10(17)21-15-11(7)14(19)12-13(18)8-4-2-3-5-9(8)16(12,15)20/h2-6,12,14-15,17,19-20H,1H3/t12?,14-,15?,16?/m0/s1. The molecule has 0 amide bonds. The molecular formula is C16H14O5. The first kappa shape index (κ1) is 12.6. The van der Waals surface area contributed by atoms with Crippen molar-refractivity contribution in [1.82, 2.24) is 0 Å². The van der Waals surface area contributed by atoms with Gasteiger partial charge >= 0.3 is 0 Å². The monoisotopic (exact) mass is 286 g/mol. The molecule has 4 atom stereocenters. The number of ketones is 1. The van der Waals surface area contributed by atoms with E-state index < -0.39 is 23.7 Å². The van der Waals surface area contributed by atoms with Crippen LogP contribution in [0.5, 0.6) is 0 Å². The summed E-state index contributed by atoms with van der Waals surface area (Å²) in [5, 5.41) is 31.4. The van der Waals surface area contributed by atoms with Crippen molar-refractivity contribution in [2.45, 2.75) is 24.7 Å². The van der Waals surface area contributed by atoms with E-state index in [0.29, 0.717) is 22.3 Å². The Hall–Kier alpha value is -2.11. The Labute approximate surface area is 120 Å². The molecule has 0 saturated heterocycles. The second kappa shape index (κ2) is 3.75. The van der Waals surface area contributed by atoms with E-state index in [-0.39, 0.29) is 11.7 Å². The number of Topliss-reactive ketones (excluding diaryl/α,β-unsaturated/α-hetero) is 1. The molecule has 5 heteroatoms. The molecular weight excluding hydrogens is 272 g/mol. The number of fused-ring (bicyclic) bond motifs is 5. The van der Waals surface area contributed by atoms with Crippen LogP contribution in [0.15, 0.2) is 47.4 Å². The number of aliphatic hydroxyl groups excluding tert-OH is 2. The third kappa shape index (κ3) is 1.30. The van der Waals surface area contributed by atoms with Crippen molar-refractivity contribution in [3.8, 4) is 0 Å². The van der Waals surface area contributed by atoms with Gasteiger partial charge in [-0.15, -0.1) is 0 Å². The Balaban J connectivity index is 1.99. The molecule has 3 unspecified atom stereocenters. The van der Waals surface area contributed by atoms with Crippen LogP contribution in [0.4, 0.5) is 0 Å². The SMILES string of the molecule is CC1=C2C(OC(O)=C1)C1(O)c3ccccc3C(=O)C1[C@H]2O. The number of carbonyl (C=O) groups excluding carboxylic acids is 1. The number of carbonyl (C=O) groups is 1. The number of allylic oxidation sites excluding steroid dienone is 2. The highest BCUT2D eigenvalue weighted by atomic mass is 16.6. The highest BCUT2D eigenvalue weighted by molar-refractivity contribution is 6.05. The third-order valence-electron chi connectivity index (χ3n) is 4.73. The Morgan fingerprint density at radius 1 is 1.29 bits per heavy atom. The molecule has 21 heavy (non-hydrogen) atoms. The molecule has 1 aliphatic heterocycles. The van der Waals surface area contributed by atoms with Crippen LogP contribution < -0.4 is 0 Å². The Bertz CT molecular complexity index is 732. The Kier molecular flexibility index (Phi) is 2.25. The fraction of sp³-hybridized carbons (Fsp3) is 0.312. The summed E-state index contributed by atoms with van der Waals surface area (Å²) in [5.74, 6) is -1.61. The molecule has 1 fully saturated rings. The van der Waals surface area contributed by atoms with Crippen molar-refractivity contribution in [1.29, 1.82) is 0 Å². The van der Waals surface area contributed by atoms with E-state index >= 15 is 0 Å². The summed E-state index contributed by atoms with van der Waals surface area (Å²) in [6, 6.07) is 6.74. The van der Waals surface area contributed by atoms with E-state index in [4.69, 9.17) is 4.74 Å². The summed E-state index contributed by atoms with van der Waals surface area (Å²) >= 11 is 0. The van der Waals surface area contributed by atoms with E-state index in [9.17, 15) is 20.1 Å². The van der Waals surface area contributed by atoms with Gasteiger partial charge in [-0.1, -0.05) is 24.3 Å². The molecule has 1 heterocycles. The first-order valence-electron chi connectivity index (χ1n) is 6.78. The molecule has 4 rings (SSSR count). The summed E-state index contributed by atoms with van der Waals surface area (Å²) in [6.45, 7) is 1.71. The first-order chi connectivity index (χ1) is 9.96. The predicted molar refractivity (Wildman–Crippen MR) is 72.5 cm³/mol. The van der Waals surface area contributed by atoms with Gasteiger partial charge in [0.25, 0.3) is 5.95 Å². The molecule has 1 aromatic rings. The maximum Gasteiger partial charge on any atom is 0.277 e. The van der Waals surface area contributed by atoms with Crippen LogP contribution in [0, 0.1) is 5.92 Å². The average molecular weight is 286 g/mol. The second-order valence-electron chi connectivity index (χ2n) is 5.78. The molecule has 3 N–H and O–H groups in total. The lowest BCUT2D eigenvalue weighted by atomic mass is 9.87. The molecule has 0 spiro atoms. The van der Waals surface area contributed by atoms with Crippen molar-refractivity contribution in [3.05, 3.63) is 58.6 Å². The van der Waals surface area contributed by atoms with E-state index in [1.165, 1.54) is 6.08 Å². The van der Waals surface area contributed by atoms with E-state index in [2.05, 4.69) is 0 Å². The smallest absolute Gasteiger partial charge is 0.277 e. The van der Waals surface area contributed by atoms with Crippen LogP contribution in [0.2, 0.25) is 0 Å². The van der Waals surface area contributed by atoms with Gasteiger partial charge in [-0.3, -0.25) is 4.79 Å². The van der Waals surface area contributed by atoms with Gasteiger partial charge in [-0.05, 0) is 18.1 Å². The average Bonchev–Trinajstić information content (AvgIpc) is 2.81. The fourth-order valence-corrected chi connectivity index (χ4v) is 3.86. The Morgan fingerprint density at radius 3 is 2.76 bits per heavy atom. The van der Waals surface area contributed by atoms with Gasteiger partial charge in [-0.2, -0.15) is 0 Å². The molecule has 3 aliphatic rings. The summed E-state index contributed by atoms with van der Waals surface area (Å²) in [5.41, 5.74) is 0.277. The maximum absolute atomic E-state index is 12.5. The van der Waals surface area contributed by atoms with Crippen molar-refractivity contribution >= 4 is 5.78 Å². The van der Waals surface area contributed by atoms with E-state index in [1.807, 2.05) is 0 Å². The number of rotatable bonds is 0. The lowest BCUT2D eigenvalue weighted by Gasteiger charge is -2.32. The summed E-state index contributed by atoms with van der Waals surface area (Å²) in [6.07, 6.45) is -0.685. The van der Waals surface area contributed by atoms with Gasteiger partial charge in [-0.25, -0.2) is 0 Å². The number of hydrogen-bond acceptors (Lipinski definition) is 5. The number of aliphatic hydroxyl groups is 3. The van der Waals surface area contributed by atoms with Gasteiger partial charge in [0.05, 0.1) is 12.0 Å². The molecule has 2 aliphatic carbocycles. The quantitative estimate of drug-likeness (QED) is 0.666. The normalized spacial score (nSPS) is 36.8. The summed E-state index contributed by atoms with van der Waals surface area (Å²) in [7, 11) is 0. The van der Waals surface area contributed by atoms with Crippen molar-refractivity contribution in [3.63, 3.8) is 0 Å². The Morgan fingerprint density at radius 2 is 2.00 bits per heavy atom. The first-order valence-corrected chi connectivity index (χ1v) is 6.78. The number of benzene rings is 1. The van der Waals surface area contributed by atoms with Crippen LogP contribution in [-0.4, -0.2) is 33.3 Å². The highest BCUT2D eigenvalue weighted by Crippen LogP contribution is 2.56. The largest absolute Gasteiger partial charge is 0.481 e. The fourth-order valence-electron chi connectivity index (χ4n) is 3.86. The number of ether oxygens (including phenoxy) is 1. The van der Waals surface area contributed by atoms with Crippen molar-refractivity contribution in [2.24, 2.45) is 5.92 Å². The van der Waals surface area contributed by atoms with Gasteiger partial charge < -0.3 is 20.1 Å². The number of hydrogen-bond donors (Lipinski definition) is 3. The summed E-state index contributed by atoms with van der Waals surface area (Å²) in [4.78, 5) is 12.5. The topological polar surface area (TPSA) is 87.0 Å². The molecule has 5 nitrogen and oxygen atoms in total. The molecule has 108 valence electrons. The van der Waals surface area contributed by atoms with Gasteiger partial charge in [0.2, 0.25) is 0 Å².